The van der Waals surface area contributed by atoms with Gasteiger partial charge in [0.05, 0.1) is 0 Å². The largest absolute Gasteiger partial charge is 0.361 e. The van der Waals surface area contributed by atoms with Crippen LogP contribution in [0.1, 0.15) is 31.7 Å². The number of unbranched alkanes of at least 4 members (excludes halogenated alkanes) is 2. The highest BCUT2D eigenvalue weighted by atomic mass is 35.5. The number of H-pyrrole nitrogens is 1. The summed E-state index contributed by atoms with van der Waals surface area (Å²) in [5.74, 6) is 0. The second-order valence-corrected chi connectivity index (χ2v) is 4.24. The number of para-hydroxylation sites is 1. The number of hydrogen-bond donors (Lipinski definition) is 2. The van der Waals surface area contributed by atoms with Gasteiger partial charge in [-0.05, 0) is 30.0 Å². The third-order valence-corrected chi connectivity index (χ3v) is 2.95. The zero-order valence-corrected chi connectivity index (χ0v) is 11.1. The molecule has 0 radical (unpaired) electrons. The standard InChI is InChI=1S/C14H20N2.ClH/c1-2-3-4-9-15-11-13-7-5-6-12-8-10-16-14(12)13;/h5-8,10,15-16H,2-4,9,11H2,1H3;1H. The van der Waals surface area contributed by atoms with E-state index in [1.54, 1.807) is 0 Å². The molecular formula is C14H21ClN2. The summed E-state index contributed by atoms with van der Waals surface area (Å²) in [4.78, 5) is 3.30. The average Bonchev–Trinajstić information content (AvgIpc) is 2.77. The van der Waals surface area contributed by atoms with Crippen LogP contribution in [-0.4, -0.2) is 11.5 Å². The van der Waals surface area contributed by atoms with Crippen LogP contribution in [0.25, 0.3) is 10.9 Å². The van der Waals surface area contributed by atoms with E-state index in [2.05, 4.69) is 41.5 Å². The second kappa shape index (κ2) is 7.36. The summed E-state index contributed by atoms with van der Waals surface area (Å²) in [6.07, 6.45) is 5.88. The van der Waals surface area contributed by atoms with Crippen molar-refractivity contribution < 1.29 is 0 Å². The first kappa shape index (κ1) is 14.1. The highest BCUT2D eigenvalue weighted by Crippen LogP contribution is 2.16. The monoisotopic (exact) mass is 252 g/mol. The van der Waals surface area contributed by atoms with Gasteiger partial charge in [0.2, 0.25) is 0 Å². The van der Waals surface area contributed by atoms with Gasteiger partial charge in [0, 0.05) is 18.3 Å². The third kappa shape index (κ3) is 3.76. The Morgan fingerprint density at radius 3 is 2.88 bits per heavy atom. The van der Waals surface area contributed by atoms with Gasteiger partial charge in [-0.3, -0.25) is 0 Å². The van der Waals surface area contributed by atoms with Gasteiger partial charge in [-0.25, -0.2) is 0 Å². The zero-order chi connectivity index (χ0) is 11.2. The maximum Gasteiger partial charge on any atom is 0.0499 e. The Hall–Kier alpha value is -0.990. The van der Waals surface area contributed by atoms with Crippen LogP contribution in [0.5, 0.6) is 0 Å². The molecular weight excluding hydrogens is 232 g/mol. The Morgan fingerprint density at radius 2 is 2.06 bits per heavy atom. The fourth-order valence-corrected chi connectivity index (χ4v) is 2.02. The van der Waals surface area contributed by atoms with Crippen LogP contribution in [0, 0.1) is 0 Å². The summed E-state index contributed by atoms with van der Waals surface area (Å²) >= 11 is 0. The number of halogens is 1. The molecule has 1 aromatic heterocycles. The van der Waals surface area contributed by atoms with E-state index in [0.29, 0.717) is 0 Å². The van der Waals surface area contributed by atoms with Crippen LogP contribution < -0.4 is 5.32 Å². The smallest absolute Gasteiger partial charge is 0.0499 e. The molecule has 0 atom stereocenters. The lowest BCUT2D eigenvalue weighted by Crippen LogP contribution is -2.14. The molecule has 17 heavy (non-hydrogen) atoms. The molecule has 1 heterocycles. The first-order chi connectivity index (χ1) is 7.92. The van der Waals surface area contributed by atoms with Crippen LogP contribution >= 0.6 is 12.4 Å². The molecule has 2 nitrogen and oxygen atoms in total. The van der Waals surface area contributed by atoms with Gasteiger partial charge in [-0.2, -0.15) is 0 Å². The van der Waals surface area contributed by atoms with Gasteiger partial charge in [-0.1, -0.05) is 38.0 Å². The van der Waals surface area contributed by atoms with Crippen molar-refractivity contribution in [2.75, 3.05) is 6.54 Å². The molecule has 0 aliphatic carbocycles. The molecule has 2 aromatic rings. The molecule has 94 valence electrons. The number of aromatic amines is 1. The van der Waals surface area contributed by atoms with Gasteiger partial charge in [0.25, 0.3) is 0 Å². The Balaban J connectivity index is 0.00000144. The van der Waals surface area contributed by atoms with E-state index in [1.807, 2.05) is 6.20 Å². The molecule has 3 heteroatoms. The zero-order valence-electron chi connectivity index (χ0n) is 10.3. The lowest BCUT2D eigenvalue weighted by Gasteiger charge is -2.05. The van der Waals surface area contributed by atoms with E-state index in [4.69, 9.17) is 0 Å². The molecule has 0 bridgehead atoms. The number of aromatic nitrogens is 1. The van der Waals surface area contributed by atoms with Crippen molar-refractivity contribution in [2.24, 2.45) is 0 Å². The molecule has 0 unspecified atom stereocenters. The van der Waals surface area contributed by atoms with Crippen LogP contribution in [0.3, 0.4) is 0 Å². The minimum atomic E-state index is 0. The van der Waals surface area contributed by atoms with E-state index in [1.165, 1.54) is 35.7 Å². The highest BCUT2D eigenvalue weighted by Gasteiger charge is 2.00. The minimum absolute atomic E-state index is 0. The van der Waals surface area contributed by atoms with Crippen molar-refractivity contribution in [3.05, 3.63) is 36.0 Å². The molecule has 2 N–H and O–H groups in total. The first-order valence-corrected chi connectivity index (χ1v) is 6.17. The molecule has 2 rings (SSSR count). The summed E-state index contributed by atoms with van der Waals surface area (Å²) < 4.78 is 0. The Labute approximate surface area is 109 Å². The van der Waals surface area contributed by atoms with Gasteiger partial charge in [0.15, 0.2) is 0 Å². The van der Waals surface area contributed by atoms with Crippen LogP contribution in [0.2, 0.25) is 0 Å². The number of hydrogen-bond acceptors (Lipinski definition) is 1. The Bertz CT molecular complexity index is 436. The maximum absolute atomic E-state index is 3.50. The molecule has 0 aliphatic rings. The molecule has 0 amide bonds. The van der Waals surface area contributed by atoms with Gasteiger partial charge >= 0.3 is 0 Å². The Morgan fingerprint density at radius 1 is 1.18 bits per heavy atom. The number of rotatable bonds is 6. The third-order valence-electron chi connectivity index (χ3n) is 2.95. The van der Waals surface area contributed by atoms with E-state index in [-0.39, 0.29) is 12.4 Å². The molecule has 0 saturated heterocycles. The number of benzene rings is 1. The molecule has 0 aliphatic heterocycles. The fraction of sp³-hybridized carbons (Fsp3) is 0.429. The van der Waals surface area contributed by atoms with Crippen molar-refractivity contribution >= 4 is 23.3 Å². The van der Waals surface area contributed by atoms with Crippen molar-refractivity contribution in [1.29, 1.82) is 0 Å². The lowest BCUT2D eigenvalue weighted by molar-refractivity contribution is 0.618. The quantitative estimate of drug-likeness (QED) is 0.751. The fourth-order valence-electron chi connectivity index (χ4n) is 2.02. The maximum atomic E-state index is 3.50. The van der Waals surface area contributed by atoms with Gasteiger partial charge in [0.1, 0.15) is 0 Å². The predicted molar refractivity (Wildman–Crippen MR) is 76.8 cm³/mol. The lowest BCUT2D eigenvalue weighted by atomic mass is 10.1. The van der Waals surface area contributed by atoms with Crippen molar-refractivity contribution in [2.45, 2.75) is 32.7 Å². The summed E-state index contributed by atoms with van der Waals surface area (Å²) in [5.41, 5.74) is 2.63. The average molecular weight is 253 g/mol. The van der Waals surface area contributed by atoms with Crippen molar-refractivity contribution in [1.82, 2.24) is 10.3 Å². The second-order valence-electron chi connectivity index (χ2n) is 4.24. The molecule has 0 spiro atoms. The van der Waals surface area contributed by atoms with E-state index < -0.39 is 0 Å². The van der Waals surface area contributed by atoms with Crippen molar-refractivity contribution in [3.8, 4) is 0 Å². The molecule has 0 fully saturated rings. The van der Waals surface area contributed by atoms with Gasteiger partial charge < -0.3 is 10.3 Å². The van der Waals surface area contributed by atoms with Crippen LogP contribution in [0.4, 0.5) is 0 Å². The normalized spacial score (nSPS) is 10.4. The summed E-state index contributed by atoms with van der Waals surface area (Å²) in [6, 6.07) is 8.58. The highest BCUT2D eigenvalue weighted by molar-refractivity contribution is 5.85. The first-order valence-electron chi connectivity index (χ1n) is 6.17. The summed E-state index contributed by atoms with van der Waals surface area (Å²) in [7, 11) is 0. The number of fused-ring (bicyclic) bond motifs is 1. The van der Waals surface area contributed by atoms with Crippen LogP contribution in [-0.2, 0) is 6.54 Å². The summed E-state index contributed by atoms with van der Waals surface area (Å²) in [6.45, 7) is 4.31. The van der Waals surface area contributed by atoms with Gasteiger partial charge in [-0.15, -0.1) is 12.4 Å². The SMILES string of the molecule is CCCCCNCc1cccc2cc[nH]c12.Cl. The van der Waals surface area contributed by atoms with Crippen LogP contribution in [0.15, 0.2) is 30.5 Å². The summed E-state index contributed by atoms with van der Waals surface area (Å²) in [5, 5.41) is 4.80. The topological polar surface area (TPSA) is 27.8 Å². The van der Waals surface area contributed by atoms with Crippen molar-refractivity contribution in [3.63, 3.8) is 0 Å². The van der Waals surface area contributed by atoms with E-state index in [9.17, 15) is 0 Å². The van der Waals surface area contributed by atoms with E-state index >= 15 is 0 Å². The predicted octanol–water partition coefficient (Wildman–Crippen LogP) is 3.87. The number of nitrogens with one attached hydrogen (secondary N) is 2. The molecule has 1 aromatic carbocycles. The Kier molecular flexibility index (Phi) is 6.09. The molecule has 0 saturated carbocycles. The van der Waals surface area contributed by atoms with E-state index in [0.717, 1.165) is 13.1 Å². The minimum Gasteiger partial charge on any atom is -0.361 e.